The lowest BCUT2D eigenvalue weighted by molar-refractivity contribution is 0.505. The van der Waals surface area contributed by atoms with Crippen LogP contribution in [0.25, 0.3) is 11.0 Å². The van der Waals surface area contributed by atoms with Gasteiger partial charge in [0.2, 0.25) is 5.95 Å². The minimum Gasteiger partial charge on any atom is -0.369 e. The van der Waals surface area contributed by atoms with Crippen LogP contribution in [0.2, 0.25) is 5.02 Å². The first-order chi connectivity index (χ1) is 8.24. The van der Waals surface area contributed by atoms with Gasteiger partial charge in [-0.25, -0.2) is 4.98 Å². The quantitative estimate of drug-likeness (QED) is 0.910. The van der Waals surface area contributed by atoms with Gasteiger partial charge in [-0.05, 0) is 42.0 Å². The Morgan fingerprint density at radius 2 is 2.41 bits per heavy atom. The van der Waals surface area contributed by atoms with E-state index in [1.807, 2.05) is 30.0 Å². The van der Waals surface area contributed by atoms with Gasteiger partial charge in [-0.1, -0.05) is 11.6 Å². The van der Waals surface area contributed by atoms with Crippen LogP contribution in [0.5, 0.6) is 0 Å². The third-order valence-electron chi connectivity index (χ3n) is 3.20. The van der Waals surface area contributed by atoms with Crippen LogP contribution in [0, 0.1) is 5.92 Å². The van der Waals surface area contributed by atoms with Crippen LogP contribution in [0.3, 0.4) is 0 Å². The summed E-state index contributed by atoms with van der Waals surface area (Å²) in [6.45, 7) is 0.954. The zero-order valence-corrected chi connectivity index (χ0v) is 11.0. The Bertz CT molecular complexity index is 546. The van der Waals surface area contributed by atoms with E-state index in [1.54, 1.807) is 0 Å². The Kier molecular flexibility index (Phi) is 2.92. The van der Waals surface area contributed by atoms with E-state index >= 15 is 0 Å². The fourth-order valence-corrected chi connectivity index (χ4v) is 3.73. The number of benzene rings is 1. The van der Waals surface area contributed by atoms with E-state index in [0.29, 0.717) is 11.9 Å². The highest BCUT2D eigenvalue weighted by Gasteiger charge is 2.18. The maximum absolute atomic E-state index is 6.03. The predicted octanol–water partition coefficient (Wildman–Crippen LogP) is 3.03. The first-order valence-corrected chi connectivity index (χ1v) is 7.26. The van der Waals surface area contributed by atoms with Crippen molar-refractivity contribution in [3.05, 3.63) is 23.2 Å². The summed E-state index contributed by atoms with van der Waals surface area (Å²) in [7, 11) is 0. The molecule has 3 nitrogen and oxygen atoms in total. The Hall–Kier alpha value is -0.870. The van der Waals surface area contributed by atoms with E-state index in [4.69, 9.17) is 17.3 Å². The minimum absolute atomic E-state index is 0.596. The molecule has 0 aliphatic carbocycles. The fourth-order valence-electron chi connectivity index (χ4n) is 2.29. The first kappa shape index (κ1) is 11.2. The summed E-state index contributed by atoms with van der Waals surface area (Å²) in [5.41, 5.74) is 7.96. The summed E-state index contributed by atoms with van der Waals surface area (Å²) < 4.78 is 2.10. The molecular formula is C12H14ClN3S. The summed E-state index contributed by atoms with van der Waals surface area (Å²) >= 11 is 8.05. The van der Waals surface area contributed by atoms with Gasteiger partial charge >= 0.3 is 0 Å². The van der Waals surface area contributed by atoms with Crippen molar-refractivity contribution in [1.82, 2.24) is 9.55 Å². The maximum Gasteiger partial charge on any atom is 0.201 e. The lowest BCUT2D eigenvalue weighted by Gasteiger charge is -2.11. The second-order valence-corrected chi connectivity index (χ2v) is 6.03. The van der Waals surface area contributed by atoms with Crippen molar-refractivity contribution in [2.24, 2.45) is 5.92 Å². The predicted molar refractivity (Wildman–Crippen MR) is 74.6 cm³/mol. The number of hydrogen-bond acceptors (Lipinski definition) is 3. The molecule has 1 atom stereocenters. The average molecular weight is 268 g/mol. The molecule has 17 heavy (non-hydrogen) atoms. The van der Waals surface area contributed by atoms with Crippen LogP contribution in [0.15, 0.2) is 18.2 Å². The lowest BCUT2D eigenvalue weighted by atomic mass is 10.1. The van der Waals surface area contributed by atoms with Crippen LogP contribution in [0.4, 0.5) is 5.95 Å². The van der Waals surface area contributed by atoms with E-state index in [-0.39, 0.29) is 0 Å². The van der Waals surface area contributed by atoms with Crippen molar-refractivity contribution in [3.63, 3.8) is 0 Å². The van der Waals surface area contributed by atoms with Crippen LogP contribution < -0.4 is 5.73 Å². The maximum atomic E-state index is 6.03. The molecule has 0 amide bonds. The first-order valence-electron chi connectivity index (χ1n) is 5.73. The highest BCUT2D eigenvalue weighted by atomic mass is 35.5. The molecule has 1 unspecified atom stereocenters. The van der Waals surface area contributed by atoms with Crippen LogP contribution >= 0.6 is 23.4 Å². The molecule has 2 aromatic rings. The molecule has 3 rings (SSSR count). The molecule has 1 saturated heterocycles. The normalized spacial score (nSPS) is 20.2. The second-order valence-electron chi connectivity index (χ2n) is 4.44. The number of hydrogen-bond donors (Lipinski definition) is 1. The number of imidazole rings is 1. The van der Waals surface area contributed by atoms with Crippen molar-refractivity contribution >= 4 is 40.3 Å². The standard InChI is InChI=1S/C12H14ClN3S/c13-9-1-2-10-11(5-9)16(12(14)15-10)6-8-3-4-17-7-8/h1-2,5,8H,3-4,6-7H2,(H2,14,15). The van der Waals surface area contributed by atoms with Gasteiger partial charge in [0.15, 0.2) is 0 Å². The zero-order chi connectivity index (χ0) is 11.8. The van der Waals surface area contributed by atoms with Crippen molar-refractivity contribution < 1.29 is 0 Å². The van der Waals surface area contributed by atoms with Gasteiger partial charge in [-0.15, -0.1) is 0 Å². The summed E-state index contributed by atoms with van der Waals surface area (Å²) in [4.78, 5) is 4.37. The Morgan fingerprint density at radius 3 is 3.18 bits per heavy atom. The molecular weight excluding hydrogens is 254 g/mol. The molecule has 1 aliphatic rings. The van der Waals surface area contributed by atoms with Gasteiger partial charge in [0.05, 0.1) is 11.0 Å². The Morgan fingerprint density at radius 1 is 1.53 bits per heavy atom. The van der Waals surface area contributed by atoms with Crippen molar-refractivity contribution in [2.45, 2.75) is 13.0 Å². The molecule has 0 spiro atoms. The molecule has 0 saturated carbocycles. The molecule has 90 valence electrons. The largest absolute Gasteiger partial charge is 0.369 e. The SMILES string of the molecule is Nc1nc2ccc(Cl)cc2n1CC1CCSC1. The number of halogens is 1. The molecule has 0 radical (unpaired) electrons. The smallest absolute Gasteiger partial charge is 0.201 e. The topological polar surface area (TPSA) is 43.8 Å². The van der Waals surface area contributed by atoms with E-state index in [1.165, 1.54) is 17.9 Å². The van der Waals surface area contributed by atoms with Gasteiger partial charge in [-0.3, -0.25) is 0 Å². The molecule has 1 aliphatic heterocycles. The molecule has 5 heteroatoms. The number of fused-ring (bicyclic) bond motifs is 1. The van der Waals surface area contributed by atoms with Crippen molar-refractivity contribution in [1.29, 1.82) is 0 Å². The average Bonchev–Trinajstić information content (AvgIpc) is 2.90. The third kappa shape index (κ3) is 2.11. The van der Waals surface area contributed by atoms with Gasteiger partial charge in [0, 0.05) is 11.6 Å². The molecule has 2 heterocycles. The third-order valence-corrected chi connectivity index (χ3v) is 4.67. The zero-order valence-electron chi connectivity index (χ0n) is 9.40. The molecule has 1 aromatic carbocycles. The minimum atomic E-state index is 0.596. The number of rotatable bonds is 2. The molecule has 1 aromatic heterocycles. The van der Waals surface area contributed by atoms with Crippen LogP contribution in [-0.2, 0) is 6.54 Å². The summed E-state index contributed by atoms with van der Waals surface area (Å²) in [6.07, 6.45) is 1.27. The Labute approximate surface area is 109 Å². The molecule has 0 bridgehead atoms. The summed E-state index contributed by atoms with van der Waals surface area (Å²) in [5, 5.41) is 0.736. The highest BCUT2D eigenvalue weighted by Crippen LogP contribution is 2.28. The monoisotopic (exact) mass is 267 g/mol. The number of nitrogens with two attached hydrogens (primary N) is 1. The van der Waals surface area contributed by atoms with Crippen molar-refractivity contribution in [2.75, 3.05) is 17.2 Å². The van der Waals surface area contributed by atoms with Gasteiger partial charge in [0.1, 0.15) is 0 Å². The number of aromatic nitrogens is 2. The summed E-state index contributed by atoms with van der Waals surface area (Å²) in [6, 6.07) is 5.72. The van der Waals surface area contributed by atoms with Crippen LogP contribution in [0.1, 0.15) is 6.42 Å². The second kappa shape index (κ2) is 4.42. The number of nitrogen functional groups attached to an aromatic ring is 1. The van der Waals surface area contributed by atoms with E-state index in [9.17, 15) is 0 Å². The van der Waals surface area contributed by atoms with Gasteiger partial charge in [-0.2, -0.15) is 11.8 Å². The number of thioether (sulfide) groups is 1. The number of anilines is 1. The van der Waals surface area contributed by atoms with E-state index in [0.717, 1.165) is 22.6 Å². The number of nitrogens with zero attached hydrogens (tertiary/aromatic N) is 2. The van der Waals surface area contributed by atoms with E-state index < -0.39 is 0 Å². The lowest BCUT2D eigenvalue weighted by Crippen LogP contribution is -2.12. The van der Waals surface area contributed by atoms with Crippen molar-refractivity contribution in [3.8, 4) is 0 Å². The van der Waals surface area contributed by atoms with Gasteiger partial charge < -0.3 is 10.3 Å². The molecule has 1 fully saturated rings. The highest BCUT2D eigenvalue weighted by molar-refractivity contribution is 7.99. The summed E-state index contributed by atoms with van der Waals surface area (Å²) in [5.74, 6) is 3.79. The Balaban J connectivity index is 2.01. The van der Waals surface area contributed by atoms with Crippen LogP contribution in [-0.4, -0.2) is 21.1 Å². The fraction of sp³-hybridized carbons (Fsp3) is 0.417. The van der Waals surface area contributed by atoms with Gasteiger partial charge in [0.25, 0.3) is 0 Å². The molecule has 2 N–H and O–H groups in total. The van der Waals surface area contributed by atoms with E-state index in [2.05, 4.69) is 9.55 Å².